The number of carbonyl (C=O) groups excluding carboxylic acids is 1. The summed E-state index contributed by atoms with van der Waals surface area (Å²) in [5.41, 5.74) is 1.51. The van der Waals surface area contributed by atoms with Gasteiger partial charge in [-0.05, 0) is 38.2 Å². The van der Waals surface area contributed by atoms with E-state index >= 15 is 0 Å². The fraction of sp³-hybridized carbons (Fsp3) is 0.615. The van der Waals surface area contributed by atoms with Crippen molar-refractivity contribution in [2.24, 2.45) is 11.3 Å². The third kappa shape index (κ3) is 2.57. The van der Waals surface area contributed by atoms with Gasteiger partial charge in [0.05, 0.1) is 0 Å². The summed E-state index contributed by atoms with van der Waals surface area (Å²) in [6.45, 7) is 8.43. The molecule has 0 aromatic rings. The Hall–Kier alpha value is -0.850. The van der Waals surface area contributed by atoms with Crippen molar-refractivity contribution in [3.63, 3.8) is 0 Å². The lowest BCUT2D eigenvalue weighted by atomic mass is 9.74. The molecular weight excluding hydrogens is 172 g/mol. The molecule has 0 spiro atoms. The van der Waals surface area contributed by atoms with Crippen LogP contribution in [-0.2, 0) is 4.79 Å². The highest BCUT2D eigenvalue weighted by Crippen LogP contribution is 2.36. The molecular formula is C13H20O. The highest BCUT2D eigenvalue weighted by molar-refractivity contribution is 5.93. The van der Waals surface area contributed by atoms with Gasteiger partial charge in [0.1, 0.15) is 0 Å². The van der Waals surface area contributed by atoms with Gasteiger partial charge in [-0.25, -0.2) is 0 Å². The molecule has 0 N–H and O–H groups in total. The smallest absolute Gasteiger partial charge is 0.162 e. The maximum absolute atomic E-state index is 11.7. The van der Waals surface area contributed by atoms with Crippen molar-refractivity contribution in [2.45, 2.75) is 40.5 Å². The molecule has 0 bridgehead atoms. The second-order valence-corrected chi connectivity index (χ2v) is 4.87. The minimum Gasteiger partial charge on any atom is -0.294 e. The summed E-state index contributed by atoms with van der Waals surface area (Å²) in [4.78, 5) is 11.7. The van der Waals surface area contributed by atoms with Crippen LogP contribution < -0.4 is 0 Å². The van der Waals surface area contributed by atoms with Crippen LogP contribution in [0, 0.1) is 11.3 Å². The fourth-order valence-corrected chi connectivity index (χ4v) is 2.18. The van der Waals surface area contributed by atoms with Crippen molar-refractivity contribution in [3.8, 4) is 0 Å². The van der Waals surface area contributed by atoms with Crippen molar-refractivity contribution in [3.05, 3.63) is 23.8 Å². The van der Waals surface area contributed by atoms with E-state index in [0.717, 1.165) is 12.8 Å². The van der Waals surface area contributed by atoms with Crippen LogP contribution in [0.2, 0.25) is 0 Å². The molecule has 0 saturated heterocycles. The maximum Gasteiger partial charge on any atom is 0.162 e. The molecule has 0 aromatic carbocycles. The summed E-state index contributed by atoms with van der Waals surface area (Å²) < 4.78 is 0. The Balaban J connectivity index is 2.81. The number of carbonyl (C=O) groups is 1. The van der Waals surface area contributed by atoms with E-state index in [2.05, 4.69) is 26.8 Å². The van der Waals surface area contributed by atoms with E-state index in [-0.39, 0.29) is 17.1 Å². The Kier molecular flexibility index (Phi) is 3.30. The van der Waals surface area contributed by atoms with E-state index < -0.39 is 0 Å². The van der Waals surface area contributed by atoms with Gasteiger partial charge >= 0.3 is 0 Å². The quantitative estimate of drug-likeness (QED) is 0.483. The molecule has 78 valence electrons. The van der Waals surface area contributed by atoms with Crippen molar-refractivity contribution in [1.82, 2.24) is 0 Å². The first-order valence-corrected chi connectivity index (χ1v) is 5.32. The van der Waals surface area contributed by atoms with E-state index in [4.69, 9.17) is 0 Å². The average Bonchev–Trinajstić information content (AvgIpc) is 2.02. The number of hydrogen-bond acceptors (Lipinski definition) is 1. The molecule has 1 atom stereocenters. The van der Waals surface area contributed by atoms with Gasteiger partial charge in [-0.3, -0.25) is 4.79 Å². The van der Waals surface area contributed by atoms with E-state index in [9.17, 15) is 4.79 Å². The Bertz CT molecular complexity index is 282. The highest BCUT2D eigenvalue weighted by Gasteiger charge is 2.28. The second kappa shape index (κ2) is 4.12. The lowest BCUT2D eigenvalue weighted by Crippen LogP contribution is -2.23. The van der Waals surface area contributed by atoms with Crippen LogP contribution in [0.4, 0.5) is 0 Å². The van der Waals surface area contributed by atoms with Gasteiger partial charge in [0, 0.05) is 5.92 Å². The molecule has 0 fully saturated rings. The Morgan fingerprint density at radius 3 is 2.71 bits per heavy atom. The standard InChI is InChI=1S/C13H20O/c1-5-6-12(14)11-7-8-13(3,4)9-10(11)2/h5-6,9,11H,7-8H2,1-4H3. The fourth-order valence-electron chi connectivity index (χ4n) is 2.18. The topological polar surface area (TPSA) is 17.1 Å². The molecule has 1 aliphatic rings. The van der Waals surface area contributed by atoms with E-state index in [1.165, 1.54) is 5.57 Å². The van der Waals surface area contributed by atoms with Crippen LogP contribution in [0.5, 0.6) is 0 Å². The van der Waals surface area contributed by atoms with Crippen LogP contribution in [0.15, 0.2) is 23.8 Å². The molecule has 1 rings (SSSR count). The van der Waals surface area contributed by atoms with Crippen LogP contribution >= 0.6 is 0 Å². The SMILES string of the molecule is CC=CC(=O)C1CCC(C)(C)C=C1C. The van der Waals surface area contributed by atoms with Crippen molar-refractivity contribution >= 4 is 5.78 Å². The van der Waals surface area contributed by atoms with E-state index in [1.54, 1.807) is 6.08 Å². The molecule has 14 heavy (non-hydrogen) atoms. The van der Waals surface area contributed by atoms with Gasteiger partial charge in [-0.2, -0.15) is 0 Å². The predicted octanol–water partition coefficient (Wildman–Crippen LogP) is 3.51. The second-order valence-electron chi connectivity index (χ2n) is 4.87. The summed E-state index contributed by atoms with van der Waals surface area (Å²) >= 11 is 0. The van der Waals surface area contributed by atoms with Crippen LogP contribution in [0.3, 0.4) is 0 Å². The molecule has 0 aliphatic heterocycles. The lowest BCUT2D eigenvalue weighted by molar-refractivity contribution is -0.117. The Morgan fingerprint density at radius 2 is 2.21 bits per heavy atom. The lowest BCUT2D eigenvalue weighted by Gasteiger charge is -2.30. The zero-order valence-electron chi connectivity index (χ0n) is 9.63. The molecule has 0 aromatic heterocycles. The number of allylic oxidation sites excluding steroid dienone is 4. The highest BCUT2D eigenvalue weighted by atomic mass is 16.1. The van der Waals surface area contributed by atoms with E-state index in [0.29, 0.717) is 0 Å². The van der Waals surface area contributed by atoms with Crippen molar-refractivity contribution in [1.29, 1.82) is 0 Å². The minimum absolute atomic E-state index is 0.138. The van der Waals surface area contributed by atoms with Crippen molar-refractivity contribution in [2.75, 3.05) is 0 Å². The summed E-state index contributed by atoms with van der Waals surface area (Å²) in [6.07, 6.45) is 7.88. The van der Waals surface area contributed by atoms with Gasteiger partial charge in [0.2, 0.25) is 0 Å². The third-order valence-electron chi connectivity index (χ3n) is 2.92. The Morgan fingerprint density at radius 1 is 1.57 bits per heavy atom. The Labute approximate surface area is 86.9 Å². The molecule has 1 unspecified atom stereocenters. The molecule has 0 radical (unpaired) electrons. The predicted molar refractivity (Wildman–Crippen MR) is 60.1 cm³/mol. The normalized spacial score (nSPS) is 26.3. The summed E-state index contributed by atoms with van der Waals surface area (Å²) in [5.74, 6) is 0.399. The number of ketones is 1. The first-order valence-electron chi connectivity index (χ1n) is 5.32. The van der Waals surface area contributed by atoms with Crippen LogP contribution in [0.1, 0.15) is 40.5 Å². The monoisotopic (exact) mass is 192 g/mol. The first kappa shape index (κ1) is 11.2. The van der Waals surface area contributed by atoms with Crippen LogP contribution in [-0.4, -0.2) is 5.78 Å². The molecule has 1 aliphatic carbocycles. The molecule has 1 nitrogen and oxygen atoms in total. The molecule has 0 amide bonds. The zero-order chi connectivity index (χ0) is 10.8. The van der Waals surface area contributed by atoms with Crippen molar-refractivity contribution < 1.29 is 4.79 Å². The van der Waals surface area contributed by atoms with Crippen LogP contribution in [0.25, 0.3) is 0 Å². The molecule has 1 heteroatoms. The van der Waals surface area contributed by atoms with Gasteiger partial charge in [-0.15, -0.1) is 0 Å². The summed E-state index contributed by atoms with van der Waals surface area (Å²) in [6, 6.07) is 0. The minimum atomic E-state index is 0.138. The number of rotatable bonds is 2. The van der Waals surface area contributed by atoms with Gasteiger partial charge in [-0.1, -0.05) is 31.6 Å². The summed E-state index contributed by atoms with van der Waals surface area (Å²) in [5, 5.41) is 0. The van der Waals surface area contributed by atoms with Gasteiger partial charge in [0.15, 0.2) is 5.78 Å². The average molecular weight is 192 g/mol. The maximum atomic E-state index is 11.7. The third-order valence-corrected chi connectivity index (χ3v) is 2.92. The van der Waals surface area contributed by atoms with Gasteiger partial charge in [0.25, 0.3) is 0 Å². The number of hydrogen-bond donors (Lipinski definition) is 0. The first-order chi connectivity index (χ1) is 6.46. The molecule has 0 saturated carbocycles. The summed E-state index contributed by atoms with van der Waals surface area (Å²) in [7, 11) is 0. The molecule has 0 heterocycles. The van der Waals surface area contributed by atoms with Gasteiger partial charge < -0.3 is 0 Å². The largest absolute Gasteiger partial charge is 0.294 e. The van der Waals surface area contributed by atoms with E-state index in [1.807, 2.05) is 13.0 Å². The zero-order valence-corrected chi connectivity index (χ0v) is 9.63.